The first kappa shape index (κ1) is 12.6. The Balaban J connectivity index is 1.70. The number of aromatic nitrogens is 1. The van der Waals surface area contributed by atoms with E-state index < -0.39 is 0 Å². The normalized spacial score (nSPS) is 36.7. The molecule has 0 spiro atoms. The molecule has 2 fully saturated rings. The zero-order valence-corrected chi connectivity index (χ0v) is 12.0. The lowest BCUT2D eigenvalue weighted by Gasteiger charge is -2.47. The van der Waals surface area contributed by atoms with Gasteiger partial charge in [-0.3, -0.25) is 4.98 Å². The predicted molar refractivity (Wildman–Crippen MR) is 79.2 cm³/mol. The SMILES string of the molecule is C1=C2[C@@H]3CCCC[C@@H]3O[C@@H](c3cccnc3)[C@H]2CCC1. The molecule has 2 heteroatoms. The Morgan fingerprint density at radius 2 is 1.95 bits per heavy atom. The molecule has 2 heterocycles. The van der Waals surface area contributed by atoms with Crippen molar-refractivity contribution in [2.24, 2.45) is 11.8 Å². The highest BCUT2D eigenvalue weighted by atomic mass is 16.5. The van der Waals surface area contributed by atoms with Crippen molar-refractivity contribution in [1.29, 1.82) is 0 Å². The van der Waals surface area contributed by atoms with Crippen LogP contribution in [0, 0.1) is 11.8 Å². The number of allylic oxidation sites excluding steroid dienone is 1. The van der Waals surface area contributed by atoms with Crippen molar-refractivity contribution in [3.05, 3.63) is 41.7 Å². The van der Waals surface area contributed by atoms with E-state index in [-0.39, 0.29) is 6.10 Å². The van der Waals surface area contributed by atoms with Crippen LogP contribution in [0.2, 0.25) is 0 Å². The molecule has 1 aliphatic heterocycles. The third-order valence-corrected chi connectivity index (χ3v) is 5.36. The molecule has 0 bridgehead atoms. The van der Waals surface area contributed by atoms with Crippen LogP contribution >= 0.6 is 0 Å². The van der Waals surface area contributed by atoms with Gasteiger partial charge in [0, 0.05) is 24.2 Å². The third-order valence-electron chi connectivity index (χ3n) is 5.36. The van der Waals surface area contributed by atoms with Crippen molar-refractivity contribution < 1.29 is 4.74 Å². The van der Waals surface area contributed by atoms with Crippen molar-refractivity contribution >= 4 is 0 Å². The van der Waals surface area contributed by atoms with Gasteiger partial charge in [0.2, 0.25) is 0 Å². The predicted octanol–water partition coefficient (Wildman–Crippen LogP) is 4.44. The molecular weight excluding hydrogens is 246 g/mol. The summed E-state index contributed by atoms with van der Waals surface area (Å²) in [6, 6.07) is 4.23. The molecule has 0 amide bonds. The lowest BCUT2D eigenvalue weighted by atomic mass is 9.68. The van der Waals surface area contributed by atoms with Crippen molar-refractivity contribution in [2.45, 2.75) is 57.2 Å². The molecule has 106 valence electrons. The van der Waals surface area contributed by atoms with Crippen LogP contribution in [0.1, 0.15) is 56.6 Å². The Labute approximate surface area is 121 Å². The van der Waals surface area contributed by atoms with Crippen molar-refractivity contribution in [1.82, 2.24) is 4.98 Å². The third kappa shape index (κ3) is 2.10. The van der Waals surface area contributed by atoms with E-state index in [1.54, 1.807) is 5.57 Å². The average molecular weight is 269 g/mol. The molecule has 1 aromatic heterocycles. The topological polar surface area (TPSA) is 22.1 Å². The fourth-order valence-electron chi connectivity index (χ4n) is 4.46. The molecule has 1 aromatic rings. The van der Waals surface area contributed by atoms with Crippen molar-refractivity contribution in [3.8, 4) is 0 Å². The van der Waals surface area contributed by atoms with Crippen molar-refractivity contribution in [3.63, 3.8) is 0 Å². The smallest absolute Gasteiger partial charge is 0.0909 e. The molecule has 2 nitrogen and oxygen atoms in total. The van der Waals surface area contributed by atoms with E-state index in [0.717, 1.165) is 0 Å². The molecular formula is C18H23NO. The second-order valence-corrected chi connectivity index (χ2v) is 6.51. The number of rotatable bonds is 1. The van der Waals surface area contributed by atoms with E-state index >= 15 is 0 Å². The van der Waals surface area contributed by atoms with E-state index in [2.05, 4.69) is 17.1 Å². The van der Waals surface area contributed by atoms with Crippen LogP contribution in [-0.4, -0.2) is 11.1 Å². The molecule has 1 saturated carbocycles. The monoisotopic (exact) mass is 269 g/mol. The first-order valence-corrected chi connectivity index (χ1v) is 8.19. The molecule has 0 aromatic carbocycles. The molecule has 2 aliphatic carbocycles. The maximum Gasteiger partial charge on any atom is 0.0909 e. The van der Waals surface area contributed by atoms with Gasteiger partial charge >= 0.3 is 0 Å². The molecule has 0 N–H and O–H groups in total. The molecule has 20 heavy (non-hydrogen) atoms. The minimum absolute atomic E-state index is 0.245. The van der Waals surface area contributed by atoms with E-state index in [1.165, 1.54) is 50.5 Å². The van der Waals surface area contributed by atoms with Gasteiger partial charge in [-0.2, -0.15) is 0 Å². The largest absolute Gasteiger partial charge is 0.369 e. The summed E-state index contributed by atoms with van der Waals surface area (Å²) < 4.78 is 6.57. The summed E-state index contributed by atoms with van der Waals surface area (Å²) in [5.74, 6) is 1.31. The summed E-state index contributed by atoms with van der Waals surface area (Å²) >= 11 is 0. The summed E-state index contributed by atoms with van der Waals surface area (Å²) in [7, 11) is 0. The van der Waals surface area contributed by atoms with E-state index in [9.17, 15) is 0 Å². The Bertz CT molecular complexity index is 495. The molecule has 3 aliphatic rings. The Hall–Kier alpha value is -1.15. The average Bonchev–Trinajstić information content (AvgIpc) is 2.55. The van der Waals surface area contributed by atoms with Crippen LogP contribution < -0.4 is 0 Å². The fourth-order valence-corrected chi connectivity index (χ4v) is 4.46. The van der Waals surface area contributed by atoms with Crippen molar-refractivity contribution in [2.75, 3.05) is 0 Å². The van der Waals surface area contributed by atoms with Gasteiger partial charge in [0.05, 0.1) is 12.2 Å². The minimum Gasteiger partial charge on any atom is -0.369 e. The van der Waals surface area contributed by atoms with E-state index in [1.807, 2.05) is 18.5 Å². The summed E-state index contributed by atoms with van der Waals surface area (Å²) in [5.41, 5.74) is 3.00. The van der Waals surface area contributed by atoms with Crippen LogP contribution in [-0.2, 0) is 4.74 Å². The number of ether oxygens (including phenoxy) is 1. The highest BCUT2D eigenvalue weighted by Gasteiger charge is 2.43. The lowest BCUT2D eigenvalue weighted by Crippen LogP contribution is -2.41. The molecule has 4 rings (SSSR count). The van der Waals surface area contributed by atoms with Crippen LogP contribution in [0.15, 0.2) is 36.2 Å². The van der Waals surface area contributed by atoms with E-state index in [4.69, 9.17) is 4.74 Å². The Kier molecular flexibility index (Phi) is 3.35. The van der Waals surface area contributed by atoms with Gasteiger partial charge in [-0.1, -0.05) is 30.6 Å². The minimum atomic E-state index is 0.245. The highest BCUT2D eigenvalue weighted by Crippen LogP contribution is 2.50. The molecule has 0 radical (unpaired) electrons. The second kappa shape index (κ2) is 5.33. The van der Waals surface area contributed by atoms with Gasteiger partial charge in [0.1, 0.15) is 0 Å². The number of hydrogen-bond acceptors (Lipinski definition) is 2. The standard InChI is InChI=1S/C18H23NO/c1-2-9-16-14(7-1)15-8-3-4-10-17(15)20-18(16)13-6-5-11-19-12-13/h5-7,11-12,15-18H,1-4,8-10H2/t15-,16-,17-,18-/m0/s1. The summed E-state index contributed by atoms with van der Waals surface area (Å²) in [5, 5.41) is 0. The summed E-state index contributed by atoms with van der Waals surface area (Å²) in [4.78, 5) is 4.30. The maximum atomic E-state index is 6.57. The molecule has 0 unspecified atom stereocenters. The van der Waals surface area contributed by atoms with Crippen LogP contribution in [0.3, 0.4) is 0 Å². The number of pyridine rings is 1. The summed E-state index contributed by atoms with van der Waals surface area (Å²) in [6.07, 6.45) is 16.3. The van der Waals surface area contributed by atoms with Gasteiger partial charge in [0.25, 0.3) is 0 Å². The number of hydrogen-bond donors (Lipinski definition) is 0. The van der Waals surface area contributed by atoms with Gasteiger partial charge in [-0.25, -0.2) is 0 Å². The lowest BCUT2D eigenvalue weighted by molar-refractivity contribution is -0.106. The first-order chi connectivity index (χ1) is 9.93. The van der Waals surface area contributed by atoms with E-state index in [0.29, 0.717) is 17.9 Å². The van der Waals surface area contributed by atoms with Crippen LogP contribution in [0.4, 0.5) is 0 Å². The fraction of sp³-hybridized carbons (Fsp3) is 0.611. The van der Waals surface area contributed by atoms with Gasteiger partial charge in [-0.15, -0.1) is 0 Å². The van der Waals surface area contributed by atoms with Gasteiger partial charge in [0.15, 0.2) is 0 Å². The Morgan fingerprint density at radius 1 is 1.05 bits per heavy atom. The quantitative estimate of drug-likeness (QED) is 0.703. The number of fused-ring (bicyclic) bond motifs is 3. The molecule has 4 atom stereocenters. The van der Waals surface area contributed by atoms with Crippen LogP contribution in [0.25, 0.3) is 0 Å². The molecule has 1 saturated heterocycles. The zero-order valence-electron chi connectivity index (χ0n) is 12.0. The maximum absolute atomic E-state index is 6.57. The highest BCUT2D eigenvalue weighted by molar-refractivity contribution is 5.26. The van der Waals surface area contributed by atoms with Gasteiger partial charge in [-0.05, 0) is 43.7 Å². The number of nitrogens with zero attached hydrogens (tertiary/aromatic N) is 1. The summed E-state index contributed by atoms with van der Waals surface area (Å²) in [6.45, 7) is 0. The van der Waals surface area contributed by atoms with Crippen LogP contribution in [0.5, 0.6) is 0 Å². The van der Waals surface area contributed by atoms with Gasteiger partial charge < -0.3 is 4.74 Å². The first-order valence-electron chi connectivity index (χ1n) is 8.19. The second-order valence-electron chi connectivity index (χ2n) is 6.51. The Morgan fingerprint density at radius 3 is 2.85 bits per heavy atom. The zero-order chi connectivity index (χ0) is 13.4.